The lowest BCUT2D eigenvalue weighted by Crippen LogP contribution is -2.46. The summed E-state index contributed by atoms with van der Waals surface area (Å²) in [6, 6.07) is 8.19. The molecule has 0 saturated carbocycles. The predicted octanol–water partition coefficient (Wildman–Crippen LogP) is 3.89. The molecule has 1 aliphatic rings. The number of carboxylic acid groups (broad SMARTS) is 1. The molecule has 0 bridgehead atoms. The van der Waals surface area contributed by atoms with Crippen LogP contribution in [0.25, 0.3) is 10.9 Å². The second kappa shape index (κ2) is 10.1. The summed E-state index contributed by atoms with van der Waals surface area (Å²) in [6.07, 6.45) is 1.98. The zero-order valence-electron chi connectivity index (χ0n) is 19.8. The van der Waals surface area contributed by atoms with Gasteiger partial charge in [0.1, 0.15) is 18.4 Å². The number of fused-ring (bicyclic) bond motifs is 1. The first kappa shape index (κ1) is 25.4. The molecule has 0 radical (unpaired) electrons. The predicted molar refractivity (Wildman–Crippen MR) is 131 cm³/mol. The number of hydrogen-bond acceptors (Lipinski definition) is 4. The zero-order valence-corrected chi connectivity index (χ0v) is 20.5. The van der Waals surface area contributed by atoms with Gasteiger partial charge in [0.2, 0.25) is 11.8 Å². The number of nitrogens with zero attached hydrogens (tertiary/aromatic N) is 2. The number of halogens is 2. The monoisotopic (exact) mass is 513 g/mol. The van der Waals surface area contributed by atoms with E-state index in [0.717, 1.165) is 0 Å². The molecule has 1 aromatic heterocycles. The molecule has 2 heterocycles. The number of aromatic carboxylic acids is 1. The number of aromatic nitrogens is 1. The highest BCUT2D eigenvalue weighted by molar-refractivity contribution is 6.30. The lowest BCUT2D eigenvalue weighted by Gasteiger charge is -2.24. The van der Waals surface area contributed by atoms with E-state index in [2.05, 4.69) is 5.32 Å². The molecule has 2 N–H and O–H groups in total. The van der Waals surface area contributed by atoms with Gasteiger partial charge in [0.25, 0.3) is 0 Å². The normalized spacial score (nSPS) is 17.4. The molecular formula is C26H25ClFN3O5. The molecule has 0 unspecified atom stereocenters. The molecule has 36 heavy (non-hydrogen) atoms. The highest BCUT2D eigenvalue weighted by atomic mass is 35.5. The number of carbonyl (C=O) groups is 4. The van der Waals surface area contributed by atoms with Crippen molar-refractivity contribution in [2.45, 2.75) is 39.4 Å². The number of rotatable bonds is 7. The average Bonchev–Trinajstić information content (AvgIpc) is 3.40. The summed E-state index contributed by atoms with van der Waals surface area (Å²) >= 11 is 5.81. The number of benzene rings is 2. The second-order valence-corrected chi connectivity index (χ2v) is 9.50. The Hall–Kier alpha value is -3.72. The van der Waals surface area contributed by atoms with E-state index in [1.807, 2.05) is 6.92 Å². The van der Waals surface area contributed by atoms with Crippen LogP contribution in [0.2, 0.25) is 5.02 Å². The fourth-order valence-electron chi connectivity index (χ4n) is 4.63. The largest absolute Gasteiger partial charge is 0.478 e. The number of Topliss-reactive ketones (excluding diaryl/α,β-unsaturated/α-hetero) is 1. The van der Waals surface area contributed by atoms with Gasteiger partial charge in [0.15, 0.2) is 5.78 Å². The number of nitrogens with one attached hydrogen (secondary N) is 1. The number of likely N-dealkylation sites (tertiary alicyclic amines) is 1. The van der Waals surface area contributed by atoms with Gasteiger partial charge in [0.05, 0.1) is 16.1 Å². The van der Waals surface area contributed by atoms with Crippen LogP contribution in [0.3, 0.4) is 0 Å². The Morgan fingerprint density at radius 1 is 1.19 bits per heavy atom. The minimum absolute atomic E-state index is 0.0321. The topological polar surface area (TPSA) is 109 Å². The van der Waals surface area contributed by atoms with E-state index in [1.165, 1.54) is 42.3 Å². The third-order valence-electron chi connectivity index (χ3n) is 6.43. The number of ketones is 1. The van der Waals surface area contributed by atoms with Crippen molar-refractivity contribution in [2.75, 3.05) is 6.54 Å². The van der Waals surface area contributed by atoms with Crippen LogP contribution >= 0.6 is 11.6 Å². The van der Waals surface area contributed by atoms with Crippen LogP contribution < -0.4 is 5.32 Å². The molecule has 2 atom stereocenters. The van der Waals surface area contributed by atoms with Crippen LogP contribution in [0.5, 0.6) is 0 Å². The van der Waals surface area contributed by atoms with Crippen molar-refractivity contribution in [3.05, 3.63) is 70.1 Å². The van der Waals surface area contributed by atoms with Gasteiger partial charge in [-0.2, -0.15) is 0 Å². The minimum atomic E-state index is -1.12. The van der Waals surface area contributed by atoms with Crippen molar-refractivity contribution in [1.82, 2.24) is 14.8 Å². The van der Waals surface area contributed by atoms with Gasteiger partial charge in [0, 0.05) is 35.8 Å². The Morgan fingerprint density at radius 3 is 2.64 bits per heavy atom. The maximum absolute atomic E-state index is 14.2. The van der Waals surface area contributed by atoms with Crippen molar-refractivity contribution in [3.63, 3.8) is 0 Å². The standard InChI is InChI=1S/C26H25ClFN3O5/c1-14-8-22(25(34)29-10-17-4-3-5-20(27)24(17)28)31(11-14)23(33)13-30-12-19(15(2)32)18-7-6-16(26(35)36)9-21(18)30/h3-7,9,12,14,22H,8,10-11,13H2,1-2H3,(H,29,34)(H,35,36)/t14-,22-/m0/s1. The highest BCUT2D eigenvalue weighted by Gasteiger charge is 2.37. The summed E-state index contributed by atoms with van der Waals surface area (Å²) in [5, 5.41) is 12.6. The summed E-state index contributed by atoms with van der Waals surface area (Å²) < 4.78 is 15.7. The van der Waals surface area contributed by atoms with Gasteiger partial charge in [-0.15, -0.1) is 0 Å². The summed E-state index contributed by atoms with van der Waals surface area (Å²) in [7, 11) is 0. The van der Waals surface area contributed by atoms with Crippen molar-refractivity contribution in [1.29, 1.82) is 0 Å². The zero-order chi connectivity index (χ0) is 26.1. The first-order chi connectivity index (χ1) is 17.1. The van der Waals surface area contributed by atoms with Gasteiger partial charge in [-0.25, -0.2) is 9.18 Å². The quantitative estimate of drug-likeness (QED) is 0.466. The van der Waals surface area contributed by atoms with Gasteiger partial charge in [-0.05, 0) is 37.5 Å². The van der Waals surface area contributed by atoms with E-state index in [4.69, 9.17) is 11.6 Å². The molecule has 188 valence electrons. The maximum Gasteiger partial charge on any atom is 0.335 e. The van der Waals surface area contributed by atoms with Crippen molar-refractivity contribution >= 4 is 46.1 Å². The third-order valence-corrected chi connectivity index (χ3v) is 6.72. The van der Waals surface area contributed by atoms with Crippen molar-refractivity contribution < 1.29 is 28.7 Å². The maximum atomic E-state index is 14.2. The second-order valence-electron chi connectivity index (χ2n) is 9.10. The molecular weight excluding hydrogens is 489 g/mol. The third kappa shape index (κ3) is 4.97. The average molecular weight is 514 g/mol. The van der Waals surface area contributed by atoms with E-state index in [1.54, 1.807) is 16.7 Å². The molecule has 0 aliphatic carbocycles. The number of carboxylic acids is 1. The molecule has 0 spiro atoms. The smallest absolute Gasteiger partial charge is 0.335 e. The molecule has 4 rings (SSSR count). The van der Waals surface area contributed by atoms with E-state index in [9.17, 15) is 28.7 Å². The van der Waals surface area contributed by atoms with E-state index in [0.29, 0.717) is 29.4 Å². The van der Waals surface area contributed by atoms with Gasteiger partial charge in [-0.3, -0.25) is 14.4 Å². The Bertz CT molecular complexity index is 1390. The Balaban J connectivity index is 1.55. The fraction of sp³-hybridized carbons (Fsp3) is 0.308. The van der Waals surface area contributed by atoms with Crippen LogP contribution in [0, 0.1) is 11.7 Å². The molecule has 1 aliphatic heterocycles. The van der Waals surface area contributed by atoms with Crippen LogP contribution in [0.1, 0.15) is 46.5 Å². The first-order valence-electron chi connectivity index (χ1n) is 11.4. The molecule has 1 fully saturated rings. The summed E-state index contributed by atoms with van der Waals surface area (Å²) in [4.78, 5) is 51.4. The summed E-state index contributed by atoms with van der Waals surface area (Å²) in [5.41, 5.74) is 1.09. The summed E-state index contributed by atoms with van der Waals surface area (Å²) in [5.74, 6) is -2.62. The van der Waals surface area contributed by atoms with Gasteiger partial charge >= 0.3 is 5.97 Å². The van der Waals surface area contributed by atoms with E-state index < -0.39 is 23.7 Å². The highest BCUT2D eigenvalue weighted by Crippen LogP contribution is 2.27. The van der Waals surface area contributed by atoms with E-state index >= 15 is 0 Å². The number of hydrogen-bond donors (Lipinski definition) is 2. The van der Waals surface area contributed by atoms with E-state index in [-0.39, 0.29) is 46.8 Å². The fourth-order valence-corrected chi connectivity index (χ4v) is 4.82. The Morgan fingerprint density at radius 2 is 1.94 bits per heavy atom. The summed E-state index contributed by atoms with van der Waals surface area (Å²) in [6.45, 7) is 3.45. The molecule has 3 aromatic rings. The van der Waals surface area contributed by atoms with Gasteiger partial charge < -0.3 is 19.9 Å². The van der Waals surface area contributed by atoms with Gasteiger partial charge in [-0.1, -0.05) is 36.7 Å². The Kier molecular flexibility index (Phi) is 7.12. The molecule has 2 amide bonds. The minimum Gasteiger partial charge on any atom is -0.478 e. The number of carbonyl (C=O) groups excluding carboxylic acids is 3. The first-order valence-corrected chi connectivity index (χ1v) is 11.8. The molecule has 8 nitrogen and oxygen atoms in total. The lowest BCUT2D eigenvalue weighted by molar-refractivity contribution is -0.138. The lowest BCUT2D eigenvalue weighted by atomic mass is 10.1. The van der Waals surface area contributed by atoms with Crippen molar-refractivity contribution in [3.8, 4) is 0 Å². The van der Waals surface area contributed by atoms with Crippen LogP contribution in [-0.4, -0.2) is 50.7 Å². The molecule has 1 saturated heterocycles. The van der Waals surface area contributed by atoms with Crippen molar-refractivity contribution in [2.24, 2.45) is 5.92 Å². The molecule has 10 heteroatoms. The van der Waals surface area contributed by atoms with Crippen LogP contribution in [0.4, 0.5) is 4.39 Å². The van der Waals surface area contributed by atoms with Crippen LogP contribution in [-0.2, 0) is 22.7 Å². The van der Waals surface area contributed by atoms with Crippen LogP contribution in [0.15, 0.2) is 42.6 Å². The number of amides is 2. The molecule has 2 aromatic carbocycles. The Labute approximate surface area is 211 Å². The SMILES string of the molecule is CC(=O)c1cn(CC(=O)N2C[C@@H](C)C[C@H]2C(=O)NCc2cccc(Cl)c2F)c2cc(C(=O)O)ccc12.